The van der Waals surface area contributed by atoms with Crippen LogP contribution in [0.25, 0.3) is 86.9 Å². The van der Waals surface area contributed by atoms with Crippen molar-refractivity contribution in [3.05, 3.63) is 180 Å². The molecule has 50 heavy (non-hydrogen) atoms. The van der Waals surface area contributed by atoms with E-state index in [0.29, 0.717) is 22.6 Å². The van der Waals surface area contributed by atoms with E-state index in [-0.39, 0.29) is 0 Å². The van der Waals surface area contributed by atoms with Gasteiger partial charge >= 0.3 is 0 Å². The molecule has 0 aliphatic rings. The summed E-state index contributed by atoms with van der Waals surface area (Å²) in [6, 6.07) is 53.6. The molecular weight excluding hydrogens is 611 g/mol. The van der Waals surface area contributed by atoms with Crippen LogP contribution in [0.2, 0.25) is 0 Å². The summed E-state index contributed by atoms with van der Waals surface area (Å²) in [4.78, 5) is 7.69. The molecule has 0 amide bonds. The van der Waals surface area contributed by atoms with Crippen molar-refractivity contribution in [3.8, 4) is 39.7 Å². The van der Waals surface area contributed by atoms with E-state index in [1.54, 1.807) is 6.07 Å². The molecular formula is C45H25N5. The molecule has 2 heterocycles. The van der Waals surface area contributed by atoms with Gasteiger partial charge in [0, 0.05) is 32.9 Å². The summed E-state index contributed by atoms with van der Waals surface area (Å²) < 4.78 is 4.40. The molecule has 9 aromatic rings. The molecule has 0 aliphatic carbocycles. The summed E-state index contributed by atoms with van der Waals surface area (Å²) in [7, 11) is 0. The highest BCUT2D eigenvalue weighted by Crippen LogP contribution is 2.45. The second-order valence-electron chi connectivity index (χ2n) is 12.2. The van der Waals surface area contributed by atoms with Crippen molar-refractivity contribution in [1.82, 2.24) is 9.13 Å². The molecule has 0 radical (unpaired) electrons. The fourth-order valence-electron chi connectivity index (χ4n) is 7.38. The van der Waals surface area contributed by atoms with Gasteiger partial charge in [0.2, 0.25) is 5.69 Å². The Bertz CT molecular complexity index is 2900. The topological polar surface area (TPSA) is 42.4 Å². The molecule has 0 fully saturated rings. The zero-order chi connectivity index (χ0) is 33.8. The van der Waals surface area contributed by atoms with Crippen LogP contribution >= 0.6 is 0 Å². The lowest BCUT2D eigenvalue weighted by molar-refractivity contribution is 1.18. The molecule has 0 saturated carbocycles. The summed E-state index contributed by atoms with van der Waals surface area (Å²) in [5.74, 6) is 0. The molecule has 0 bridgehead atoms. The smallest absolute Gasteiger partial charge is 0.218 e. The van der Waals surface area contributed by atoms with Crippen molar-refractivity contribution in [3.63, 3.8) is 0 Å². The third-order valence-corrected chi connectivity index (χ3v) is 9.60. The lowest BCUT2D eigenvalue weighted by Crippen LogP contribution is -1.98. The Labute approximate surface area is 288 Å². The van der Waals surface area contributed by atoms with Gasteiger partial charge < -0.3 is 9.13 Å². The highest BCUT2D eigenvalue weighted by Gasteiger charge is 2.21. The lowest BCUT2D eigenvalue weighted by Gasteiger charge is -2.17. The first-order valence-electron chi connectivity index (χ1n) is 16.2. The predicted octanol–water partition coefficient (Wildman–Crippen LogP) is 12.2. The van der Waals surface area contributed by atoms with Crippen molar-refractivity contribution < 1.29 is 0 Å². The van der Waals surface area contributed by atoms with Crippen molar-refractivity contribution in [2.24, 2.45) is 0 Å². The maximum Gasteiger partial charge on any atom is 0.218 e. The average Bonchev–Trinajstić information content (AvgIpc) is 3.70. The molecule has 5 heteroatoms. The minimum Gasteiger partial charge on any atom is -0.320 e. The SMILES string of the molecule is [C-]#[N+]c1ccc(-c2ccc(-c3cccc(-n4c5ccccc5c5cc(C#N)ccc54)c3)cc2)c(-n2c3ccccc3c3ccccc32)c1[N+]#[C-]. The number of nitriles is 1. The van der Waals surface area contributed by atoms with E-state index in [2.05, 4.69) is 110 Å². The fourth-order valence-corrected chi connectivity index (χ4v) is 7.38. The number of hydrogen-bond acceptors (Lipinski definition) is 1. The number of hydrogen-bond donors (Lipinski definition) is 0. The van der Waals surface area contributed by atoms with Crippen LogP contribution in [0.4, 0.5) is 11.4 Å². The standard InChI is InChI=1S/C45H25N5/c1-47-39-24-23-34(45(44(39)48-2)50-41-16-7-3-12-35(41)36-13-4-8-17-42(36)50)31-21-19-30(20-22-31)32-10-9-11-33(27-32)49-40-15-6-5-14-37(40)38-26-29(28-46)18-25-43(38)49/h3-27H. The number of para-hydroxylation sites is 3. The monoisotopic (exact) mass is 635 g/mol. The minimum atomic E-state index is 0.336. The van der Waals surface area contributed by atoms with Crippen LogP contribution in [0.5, 0.6) is 0 Å². The third kappa shape index (κ3) is 4.31. The van der Waals surface area contributed by atoms with Crippen LogP contribution < -0.4 is 0 Å². The second kappa shape index (κ2) is 11.4. The van der Waals surface area contributed by atoms with Gasteiger partial charge in [-0.05, 0) is 70.8 Å². The minimum absolute atomic E-state index is 0.336. The average molecular weight is 636 g/mol. The van der Waals surface area contributed by atoms with Gasteiger partial charge in [-0.15, -0.1) is 0 Å². The first-order chi connectivity index (χ1) is 24.7. The maximum absolute atomic E-state index is 9.56. The summed E-state index contributed by atoms with van der Waals surface area (Å²) in [5, 5.41) is 13.9. The zero-order valence-corrected chi connectivity index (χ0v) is 26.7. The number of fused-ring (bicyclic) bond motifs is 6. The van der Waals surface area contributed by atoms with E-state index in [9.17, 15) is 5.26 Å². The summed E-state index contributed by atoms with van der Waals surface area (Å²) in [5.41, 5.74) is 11.2. The lowest BCUT2D eigenvalue weighted by atomic mass is 9.97. The largest absolute Gasteiger partial charge is 0.320 e. The Hall–Kier alpha value is -7.39. The molecule has 0 spiro atoms. The Morgan fingerprint density at radius 2 is 1.08 bits per heavy atom. The zero-order valence-electron chi connectivity index (χ0n) is 26.7. The normalized spacial score (nSPS) is 11.1. The van der Waals surface area contributed by atoms with Crippen LogP contribution in [-0.4, -0.2) is 9.13 Å². The second-order valence-corrected chi connectivity index (χ2v) is 12.2. The van der Waals surface area contributed by atoms with E-state index in [1.807, 2.05) is 60.7 Å². The van der Waals surface area contributed by atoms with E-state index >= 15 is 0 Å². The number of benzene rings is 7. The molecule has 5 nitrogen and oxygen atoms in total. The van der Waals surface area contributed by atoms with Crippen LogP contribution in [0.15, 0.2) is 152 Å². The van der Waals surface area contributed by atoms with E-state index in [0.717, 1.165) is 71.6 Å². The van der Waals surface area contributed by atoms with E-state index < -0.39 is 0 Å². The summed E-state index contributed by atoms with van der Waals surface area (Å²) in [6.07, 6.45) is 0. The Balaban J connectivity index is 1.19. The van der Waals surface area contributed by atoms with E-state index in [1.165, 1.54) is 0 Å². The fraction of sp³-hybridized carbons (Fsp3) is 0. The summed E-state index contributed by atoms with van der Waals surface area (Å²) in [6.45, 7) is 16.1. The van der Waals surface area contributed by atoms with Gasteiger partial charge in [-0.25, -0.2) is 4.85 Å². The molecule has 0 saturated heterocycles. The van der Waals surface area contributed by atoms with Crippen molar-refractivity contribution in [2.45, 2.75) is 0 Å². The highest BCUT2D eigenvalue weighted by molar-refractivity contribution is 6.11. The Kier molecular flexibility index (Phi) is 6.56. The van der Waals surface area contributed by atoms with Crippen LogP contribution in [0.3, 0.4) is 0 Å². The van der Waals surface area contributed by atoms with Crippen LogP contribution in [0, 0.1) is 24.5 Å². The molecule has 0 N–H and O–H groups in total. The maximum atomic E-state index is 9.56. The van der Waals surface area contributed by atoms with Gasteiger partial charge in [0.25, 0.3) is 0 Å². The van der Waals surface area contributed by atoms with Gasteiger partial charge in [-0.2, -0.15) is 5.26 Å². The molecule has 2 aromatic heterocycles. The first kappa shape index (κ1) is 28.8. The molecule has 9 rings (SSSR count). The molecule has 230 valence electrons. The van der Waals surface area contributed by atoms with Gasteiger partial charge in [0.15, 0.2) is 5.69 Å². The number of nitrogens with zero attached hydrogens (tertiary/aromatic N) is 5. The quantitative estimate of drug-likeness (QED) is 0.177. The number of rotatable bonds is 4. The molecule has 0 unspecified atom stereocenters. The predicted molar refractivity (Wildman–Crippen MR) is 203 cm³/mol. The van der Waals surface area contributed by atoms with Gasteiger partial charge in [0.05, 0.1) is 46.8 Å². The first-order valence-corrected chi connectivity index (χ1v) is 16.2. The van der Waals surface area contributed by atoms with Gasteiger partial charge in [-0.1, -0.05) is 103 Å². The third-order valence-electron chi connectivity index (χ3n) is 9.60. The number of aromatic nitrogens is 2. The van der Waals surface area contributed by atoms with Gasteiger partial charge in [0.1, 0.15) is 0 Å². The van der Waals surface area contributed by atoms with Crippen molar-refractivity contribution in [2.75, 3.05) is 0 Å². The Morgan fingerprint density at radius 1 is 0.480 bits per heavy atom. The van der Waals surface area contributed by atoms with Crippen molar-refractivity contribution >= 4 is 55.0 Å². The highest BCUT2D eigenvalue weighted by atomic mass is 15.0. The van der Waals surface area contributed by atoms with Crippen molar-refractivity contribution in [1.29, 1.82) is 5.26 Å². The Morgan fingerprint density at radius 3 is 1.72 bits per heavy atom. The molecule has 7 aromatic carbocycles. The van der Waals surface area contributed by atoms with Gasteiger partial charge in [-0.3, -0.25) is 4.85 Å². The molecule has 0 atom stereocenters. The van der Waals surface area contributed by atoms with Crippen LogP contribution in [0.1, 0.15) is 5.56 Å². The van der Waals surface area contributed by atoms with Crippen LogP contribution in [-0.2, 0) is 0 Å². The summed E-state index contributed by atoms with van der Waals surface area (Å²) >= 11 is 0. The molecule has 0 aliphatic heterocycles. The van der Waals surface area contributed by atoms with E-state index in [4.69, 9.17) is 13.1 Å².